The second-order valence-electron chi connectivity index (χ2n) is 4.13. The van der Waals surface area contributed by atoms with Crippen LogP contribution < -0.4 is 11.1 Å². The van der Waals surface area contributed by atoms with Gasteiger partial charge < -0.3 is 11.1 Å². The summed E-state index contributed by atoms with van der Waals surface area (Å²) in [6.45, 7) is 4.29. The zero-order chi connectivity index (χ0) is 12.3. The van der Waals surface area contributed by atoms with Gasteiger partial charge in [-0.05, 0) is 42.7 Å². The first-order chi connectivity index (χ1) is 8.19. The molecule has 1 aromatic heterocycles. The molecule has 0 radical (unpaired) electrons. The molecule has 88 valence electrons. The van der Waals surface area contributed by atoms with Crippen molar-refractivity contribution in [1.29, 1.82) is 0 Å². The summed E-state index contributed by atoms with van der Waals surface area (Å²) in [5, 5.41) is 3.30. The topological polar surface area (TPSA) is 50.9 Å². The van der Waals surface area contributed by atoms with Crippen molar-refractivity contribution < 1.29 is 0 Å². The highest BCUT2D eigenvalue weighted by Crippen LogP contribution is 2.20. The van der Waals surface area contributed by atoms with E-state index in [0.717, 1.165) is 17.8 Å². The number of hydrogen-bond acceptors (Lipinski definition) is 3. The monoisotopic (exact) mass is 227 g/mol. The number of rotatable bonds is 3. The molecular formula is C14H17N3. The Morgan fingerprint density at radius 3 is 2.71 bits per heavy atom. The largest absolute Gasteiger partial charge is 0.397 e. The molecule has 0 unspecified atom stereocenters. The van der Waals surface area contributed by atoms with Gasteiger partial charge in [0.1, 0.15) is 0 Å². The number of aromatic nitrogens is 1. The third-order valence-corrected chi connectivity index (χ3v) is 2.78. The molecule has 0 aliphatic heterocycles. The first-order valence-corrected chi connectivity index (χ1v) is 5.76. The number of nitrogens with two attached hydrogens (primary N) is 1. The SMILES string of the molecule is CCc1cc(Nc2cncc(N)c2)ccc1C. The fourth-order valence-electron chi connectivity index (χ4n) is 1.82. The molecule has 17 heavy (non-hydrogen) atoms. The van der Waals surface area contributed by atoms with Crippen molar-refractivity contribution in [2.45, 2.75) is 20.3 Å². The zero-order valence-electron chi connectivity index (χ0n) is 10.2. The summed E-state index contributed by atoms with van der Waals surface area (Å²) in [6, 6.07) is 8.23. The number of nitrogens with zero attached hydrogens (tertiary/aromatic N) is 1. The van der Waals surface area contributed by atoms with Crippen LogP contribution in [-0.4, -0.2) is 4.98 Å². The van der Waals surface area contributed by atoms with Crippen LogP contribution in [0.2, 0.25) is 0 Å². The van der Waals surface area contributed by atoms with Gasteiger partial charge >= 0.3 is 0 Å². The van der Waals surface area contributed by atoms with Gasteiger partial charge in [-0.25, -0.2) is 0 Å². The molecule has 0 fully saturated rings. The van der Waals surface area contributed by atoms with Crippen LogP contribution in [-0.2, 0) is 6.42 Å². The van der Waals surface area contributed by atoms with Crippen molar-refractivity contribution in [2.75, 3.05) is 11.1 Å². The Labute approximate surface area is 102 Å². The summed E-state index contributed by atoms with van der Waals surface area (Å²) in [6.07, 6.45) is 4.44. The lowest BCUT2D eigenvalue weighted by Crippen LogP contribution is -1.95. The Bertz CT molecular complexity index is 521. The van der Waals surface area contributed by atoms with E-state index >= 15 is 0 Å². The zero-order valence-corrected chi connectivity index (χ0v) is 10.2. The Hall–Kier alpha value is -2.03. The van der Waals surface area contributed by atoms with Crippen LogP contribution in [0.25, 0.3) is 0 Å². The maximum Gasteiger partial charge on any atom is 0.0591 e. The molecule has 0 saturated carbocycles. The van der Waals surface area contributed by atoms with Gasteiger partial charge in [0.25, 0.3) is 0 Å². The van der Waals surface area contributed by atoms with E-state index in [1.54, 1.807) is 12.4 Å². The summed E-state index contributed by atoms with van der Waals surface area (Å²) in [5.41, 5.74) is 11.0. The molecule has 0 saturated heterocycles. The highest BCUT2D eigenvalue weighted by Gasteiger charge is 2.00. The number of pyridine rings is 1. The van der Waals surface area contributed by atoms with Crippen LogP contribution in [0.4, 0.5) is 17.1 Å². The van der Waals surface area contributed by atoms with E-state index in [0.29, 0.717) is 5.69 Å². The summed E-state index contributed by atoms with van der Waals surface area (Å²) >= 11 is 0. The molecule has 0 aliphatic rings. The van der Waals surface area contributed by atoms with Crippen LogP contribution in [0.5, 0.6) is 0 Å². The minimum Gasteiger partial charge on any atom is -0.397 e. The molecule has 3 N–H and O–H groups in total. The molecule has 0 bridgehead atoms. The van der Waals surface area contributed by atoms with E-state index in [4.69, 9.17) is 5.73 Å². The lowest BCUT2D eigenvalue weighted by Gasteiger charge is -2.10. The van der Waals surface area contributed by atoms with Crippen LogP contribution in [0.1, 0.15) is 18.1 Å². The molecule has 0 atom stereocenters. The number of anilines is 3. The fraction of sp³-hybridized carbons (Fsp3) is 0.214. The third kappa shape index (κ3) is 2.75. The van der Waals surface area contributed by atoms with Crippen LogP contribution in [0.15, 0.2) is 36.7 Å². The normalized spacial score (nSPS) is 10.2. The average molecular weight is 227 g/mol. The highest BCUT2D eigenvalue weighted by atomic mass is 14.9. The minimum atomic E-state index is 0.665. The predicted molar refractivity (Wildman–Crippen MR) is 72.5 cm³/mol. The van der Waals surface area contributed by atoms with Gasteiger partial charge in [0, 0.05) is 11.9 Å². The van der Waals surface area contributed by atoms with E-state index in [1.807, 2.05) is 6.07 Å². The number of benzene rings is 1. The Balaban J connectivity index is 2.24. The lowest BCUT2D eigenvalue weighted by molar-refractivity contribution is 1.11. The smallest absolute Gasteiger partial charge is 0.0591 e. The van der Waals surface area contributed by atoms with Gasteiger partial charge in [-0.15, -0.1) is 0 Å². The first kappa shape index (κ1) is 11.5. The summed E-state index contributed by atoms with van der Waals surface area (Å²) in [5.74, 6) is 0. The molecule has 2 rings (SSSR count). The number of nitrogen functional groups attached to an aromatic ring is 1. The molecule has 2 aromatic rings. The summed E-state index contributed by atoms with van der Waals surface area (Å²) in [7, 11) is 0. The van der Waals surface area contributed by atoms with Crippen molar-refractivity contribution in [1.82, 2.24) is 4.98 Å². The van der Waals surface area contributed by atoms with Crippen LogP contribution in [0, 0.1) is 6.92 Å². The van der Waals surface area contributed by atoms with Gasteiger partial charge in [0.05, 0.1) is 17.6 Å². The van der Waals surface area contributed by atoms with Gasteiger partial charge in [-0.2, -0.15) is 0 Å². The van der Waals surface area contributed by atoms with Crippen LogP contribution in [0.3, 0.4) is 0 Å². The molecule has 0 spiro atoms. The Morgan fingerprint density at radius 2 is 2.00 bits per heavy atom. The van der Waals surface area contributed by atoms with E-state index in [1.165, 1.54) is 11.1 Å². The van der Waals surface area contributed by atoms with Crippen LogP contribution >= 0.6 is 0 Å². The van der Waals surface area contributed by atoms with Crippen molar-refractivity contribution in [3.05, 3.63) is 47.8 Å². The number of aryl methyl sites for hydroxylation is 2. The molecule has 3 heteroatoms. The van der Waals surface area contributed by atoms with Crippen molar-refractivity contribution in [3.63, 3.8) is 0 Å². The van der Waals surface area contributed by atoms with E-state index < -0.39 is 0 Å². The van der Waals surface area contributed by atoms with Crippen molar-refractivity contribution >= 4 is 17.1 Å². The molecule has 0 amide bonds. The third-order valence-electron chi connectivity index (χ3n) is 2.78. The molecule has 1 heterocycles. The van der Waals surface area contributed by atoms with E-state index in [9.17, 15) is 0 Å². The number of nitrogens with one attached hydrogen (secondary N) is 1. The number of hydrogen-bond donors (Lipinski definition) is 2. The fourth-order valence-corrected chi connectivity index (χ4v) is 1.82. The first-order valence-electron chi connectivity index (χ1n) is 5.76. The average Bonchev–Trinajstić information content (AvgIpc) is 2.32. The van der Waals surface area contributed by atoms with Crippen molar-refractivity contribution in [3.8, 4) is 0 Å². The predicted octanol–water partition coefficient (Wildman–Crippen LogP) is 3.28. The minimum absolute atomic E-state index is 0.665. The lowest BCUT2D eigenvalue weighted by atomic mass is 10.1. The quantitative estimate of drug-likeness (QED) is 0.846. The Kier molecular flexibility index (Phi) is 3.28. The molecule has 1 aromatic carbocycles. The van der Waals surface area contributed by atoms with Gasteiger partial charge in [-0.1, -0.05) is 13.0 Å². The molecular weight excluding hydrogens is 210 g/mol. The van der Waals surface area contributed by atoms with Gasteiger partial charge in [0.15, 0.2) is 0 Å². The second kappa shape index (κ2) is 4.87. The molecule has 3 nitrogen and oxygen atoms in total. The maximum atomic E-state index is 5.69. The molecule has 0 aliphatic carbocycles. The maximum absolute atomic E-state index is 5.69. The van der Waals surface area contributed by atoms with E-state index in [-0.39, 0.29) is 0 Å². The second-order valence-corrected chi connectivity index (χ2v) is 4.13. The Morgan fingerprint density at radius 1 is 1.18 bits per heavy atom. The standard InChI is InChI=1S/C14H17N3/c1-3-11-6-13(5-4-10(11)2)17-14-7-12(15)8-16-9-14/h4-9,17H,3,15H2,1-2H3. The van der Waals surface area contributed by atoms with Gasteiger partial charge in [0.2, 0.25) is 0 Å². The van der Waals surface area contributed by atoms with Gasteiger partial charge in [-0.3, -0.25) is 4.98 Å². The summed E-state index contributed by atoms with van der Waals surface area (Å²) in [4.78, 5) is 4.05. The summed E-state index contributed by atoms with van der Waals surface area (Å²) < 4.78 is 0. The van der Waals surface area contributed by atoms with E-state index in [2.05, 4.69) is 42.3 Å². The highest BCUT2D eigenvalue weighted by molar-refractivity contribution is 5.63. The van der Waals surface area contributed by atoms with Crippen molar-refractivity contribution in [2.24, 2.45) is 0 Å².